The van der Waals surface area contributed by atoms with Gasteiger partial charge >= 0.3 is 25.7 Å². The predicted molar refractivity (Wildman–Crippen MR) is 246 cm³/mol. The highest BCUT2D eigenvalue weighted by molar-refractivity contribution is 7.47. The van der Waals surface area contributed by atoms with Gasteiger partial charge in [0.1, 0.15) is 73.7 Å². The Labute approximate surface area is 401 Å². The monoisotopic (exact) mass is 1000 g/mol. The standard InChI is InChI=1S/C46H86NO20P/c1-3-5-7-9-11-13-15-17-19-21-23-25-34(49)61-28-31(64-35(50)26-24-22-20-18-16-14-12-10-8-6-4-2)29-63-68(59,60)67-44-42(62-30-32(47)45(57)58)39(54)38(53)40(55)43(44)66-46-41(56)37(52)36(51)33(27-48)65-46/h31-33,36-44,46,48,51-56H,3-30,47H2,1-2H3,(H,57,58)(H,59,60)/t31-,32+,33-,36-,37+,38-,39-,40+,41+,42+,43+,44-,46-/m1/s1. The third kappa shape index (κ3) is 24.0. The second kappa shape index (κ2) is 35.2. The fourth-order valence-corrected chi connectivity index (χ4v) is 9.07. The topological polar surface area (TPSA) is 341 Å². The van der Waals surface area contributed by atoms with E-state index in [0.29, 0.717) is 12.8 Å². The molecule has 2 rings (SSSR count). The molecule has 1 heterocycles. The lowest BCUT2D eigenvalue weighted by atomic mass is 9.84. The molecule has 1 aliphatic carbocycles. The molecule has 1 unspecified atom stereocenters. The maximum Gasteiger partial charge on any atom is 0.472 e. The van der Waals surface area contributed by atoms with Crippen molar-refractivity contribution in [2.24, 2.45) is 5.73 Å². The highest BCUT2D eigenvalue weighted by atomic mass is 31.2. The Morgan fingerprint density at radius 2 is 1.04 bits per heavy atom. The fourth-order valence-electron chi connectivity index (χ4n) is 8.11. The van der Waals surface area contributed by atoms with Gasteiger partial charge in [0.05, 0.1) is 19.8 Å². The number of phosphoric ester groups is 1. The van der Waals surface area contributed by atoms with E-state index in [1.165, 1.54) is 70.6 Å². The SMILES string of the molecule is CCCCCCCCCCCCCC(=O)OC[C@H](COP(=O)(O)O[C@@H]1[C@@H](OC[C@H](N)C(=O)O)[C@H](O)[C@@H](O)[C@H](O)[C@@H]1O[C@H]1O[C@H](CO)[C@@H](O)[C@H](O)[C@@H]1O)OC(=O)CCCCCCCCCCCCC. The number of carbonyl (C=O) groups excluding carboxylic acids is 2. The Hall–Kier alpha value is -1.92. The van der Waals surface area contributed by atoms with E-state index in [-0.39, 0.29) is 12.8 Å². The van der Waals surface area contributed by atoms with Gasteiger partial charge in [-0.25, -0.2) is 4.57 Å². The van der Waals surface area contributed by atoms with Crippen molar-refractivity contribution >= 4 is 25.7 Å². The number of nitrogens with two attached hydrogens (primary N) is 1. The molecular weight excluding hydrogens is 917 g/mol. The van der Waals surface area contributed by atoms with Crippen LogP contribution in [-0.2, 0) is 51.7 Å². The van der Waals surface area contributed by atoms with Gasteiger partial charge in [0.2, 0.25) is 0 Å². The number of phosphoric acid groups is 1. The number of ether oxygens (including phenoxy) is 5. The minimum absolute atomic E-state index is 0.00212. The molecule has 68 heavy (non-hydrogen) atoms. The number of carboxylic acids is 1. The van der Waals surface area contributed by atoms with E-state index in [0.717, 1.165) is 57.8 Å². The molecule has 22 heteroatoms. The molecule has 400 valence electrons. The van der Waals surface area contributed by atoms with Crippen LogP contribution >= 0.6 is 7.82 Å². The Balaban J connectivity index is 2.16. The van der Waals surface area contributed by atoms with Gasteiger partial charge in [-0.15, -0.1) is 0 Å². The van der Waals surface area contributed by atoms with Crippen LogP contribution in [0.3, 0.4) is 0 Å². The lowest BCUT2D eigenvalue weighted by molar-refractivity contribution is -0.339. The summed E-state index contributed by atoms with van der Waals surface area (Å²) in [4.78, 5) is 48.4. The van der Waals surface area contributed by atoms with Crippen LogP contribution in [0.15, 0.2) is 0 Å². The number of hydrogen-bond acceptors (Lipinski definition) is 19. The normalized spacial score (nSPS) is 28.1. The molecule has 1 aliphatic heterocycles. The van der Waals surface area contributed by atoms with Crippen LogP contribution in [0, 0.1) is 0 Å². The van der Waals surface area contributed by atoms with E-state index in [9.17, 15) is 64.7 Å². The Kier molecular flexibility index (Phi) is 32.2. The molecule has 2 fully saturated rings. The first-order chi connectivity index (χ1) is 32.5. The zero-order chi connectivity index (χ0) is 50.5. The van der Waals surface area contributed by atoms with Crippen molar-refractivity contribution in [3.8, 4) is 0 Å². The van der Waals surface area contributed by atoms with Crippen LogP contribution in [0.25, 0.3) is 0 Å². The van der Waals surface area contributed by atoms with Crippen LogP contribution in [0.5, 0.6) is 0 Å². The molecular formula is C46H86NO20P. The van der Waals surface area contributed by atoms with E-state index in [2.05, 4.69) is 13.8 Å². The second-order valence-corrected chi connectivity index (χ2v) is 19.6. The number of aliphatic hydroxyl groups excluding tert-OH is 7. The summed E-state index contributed by atoms with van der Waals surface area (Å²) in [6.45, 7) is 1.14. The summed E-state index contributed by atoms with van der Waals surface area (Å²) in [7, 11) is -5.49. The van der Waals surface area contributed by atoms with Crippen molar-refractivity contribution in [2.75, 3.05) is 26.4 Å². The summed E-state index contributed by atoms with van der Waals surface area (Å²) in [5, 5.41) is 83.1. The Bertz CT molecular complexity index is 1410. The van der Waals surface area contributed by atoms with E-state index in [1.807, 2.05) is 0 Å². The molecule has 1 saturated heterocycles. The molecule has 0 bridgehead atoms. The quantitative estimate of drug-likeness (QED) is 0.0239. The Morgan fingerprint density at radius 3 is 1.53 bits per heavy atom. The molecule has 0 spiro atoms. The maximum absolute atomic E-state index is 13.7. The zero-order valence-electron chi connectivity index (χ0n) is 40.3. The molecule has 0 amide bonds. The fraction of sp³-hybridized carbons (Fsp3) is 0.935. The lowest BCUT2D eigenvalue weighted by Gasteiger charge is -2.48. The van der Waals surface area contributed by atoms with Crippen LogP contribution in [-0.4, -0.2) is 170 Å². The van der Waals surface area contributed by atoms with Gasteiger partial charge in [0.25, 0.3) is 0 Å². The summed E-state index contributed by atoms with van der Waals surface area (Å²) in [6.07, 6.45) is -0.233. The molecule has 0 aromatic rings. The molecule has 2 aliphatic rings. The van der Waals surface area contributed by atoms with Crippen molar-refractivity contribution < 1.29 is 97.4 Å². The van der Waals surface area contributed by atoms with Gasteiger partial charge in [-0.05, 0) is 12.8 Å². The maximum atomic E-state index is 13.7. The van der Waals surface area contributed by atoms with Gasteiger partial charge in [-0.3, -0.25) is 23.4 Å². The highest BCUT2D eigenvalue weighted by Crippen LogP contribution is 2.48. The van der Waals surface area contributed by atoms with Crippen LogP contribution in [0.1, 0.15) is 168 Å². The van der Waals surface area contributed by atoms with Gasteiger partial charge in [-0.1, -0.05) is 142 Å². The summed E-state index contributed by atoms with van der Waals surface area (Å²) in [6, 6.07) is -1.73. The van der Waals surface area contributed by atoms with E-state index < -0.39 is 132 Å². The minimum Gasteiger partial charge on any atom is -0.480 e. The van der Waals surface area contributed by atoms with Gasteiger partial charge < -0.3 is 75.2 Å². The molecule has 0 aromatic carbocycles. The average Bonchev–Trinajstić information content (AvgIpc) is 3.30. The molecule has 1 saturated carbocycles. The van der Waals surface area contributed by atoms with Crippen molar-refractivity contribution in [3.63, 3.8) is 0 Å². The minimum atomic E-state index is -5.49. The van der Waals surface area contributed by atoms with Crippen LogP contribution in [0.4, 0.5) is 0 Å². The average molecular weight is 1000 g/mol. The highest BCUT2D eigenvalue weighted by Gasteiger charge is 2.56. The number of carbonyl (C=O) groups is 3. The smallest absolute Gasteiger partial charge is 0.472 e. The third-order valence-electron chi connectivity index (χ3n) is 12.3. The van der Waals surface area contributed by atoms with Crippen molar-refractivity contribution in [3.05, 3.63) is 0 Å². The van der Waals surface area contributed by atoms with E-state index in [4.69, 9.17) is 38.5 Å². The largest absolute Gasteiger partial charge is 0.480 e. The lowest BCUT2D eigenvalue weighted by Crippen LogP contribution is -2.68. The summed E-state index contributed by atoms with van der Waals surface area (Å²) < 4.78 is 51.7. The third-order valence-corrected chi connectivity index (χ3v) is 13.3. The predicted octanol–water partition coefficient (Wildman–Crippen LogP) is 3.42. The van der Waals surface area contributed by atoms with Crippen molar-refractivity contribution in [2.45, 2.75) is 247 Å². The Morgan fingerprint density at radius 1 is 0.588 bits per heavy atom. The van der Waals surface area contributed by atoms with Gasteiger partial charge in [0.15, 0.2) is 12.4 Å². The van der Waals surface area contributed by atoms with E-state index in [1.54, 1.807) is 0 Å². The van der Waals surface area contributed by atoms with Crippen molar-refractivity contribution in [1.82, 2.24) is 0 Å². The molecule has 14 atom stereocenters. The molecule has 0 aromatic heterocycles. The summed E-state index contributed by atoms with van der Waals surface area (Å²) in [5.41, 5.74) is 5.57. The van der Waals surface area contributed by atoms with Crippen molar-refractivity contribution in [1.29, 1.82) is 0 Å². The van der Waals surface area contributed by atoms with E-state index >= 15 is 0 Å². The number of aliphatic carboxylic acids is 1. The number of esters is 2. The second-order valence-electron chi connectivity index (χ2n) is 18.2. The number of aliphatic hydroxyl groups is 7. The summed E-state index contributed by atoms with van der Waals surface area (Å²) in [5.74, 6) is -2.83. The molecule has 11 N–H and O–H groups in total. The van der Waals surface area contributed by atoms with Crippen LogP contribution in [0.2, 0.25) is 0 Å². The first kappa shape index (κ1) is 62.2. The first-order valence-electron chi connectivity index (χ1n) is 25.1. The number of rotatable bonds is 39. The molecule has 0 radical (unpaired) electrons. The van der Waals surface area contributed by atoms with Gasteiger partial charge in [-0.2, -0.15) is 0 Å². The summed E-state index contributed by atoms with van der Waals surface area (Å²) >= 11 is 0. The zero-order valence-corrected chi connectivity index (χ0v) is 41.2. The number of hydrogen-bond donors (Lipinski definition) is 10. The number of carboxylic acid groups (broad SMARTS) is 1. The van der Waals surface area contributed by atoms with Crippen LogP contribution < -0.4 is 5.73 Å². The number of unbranched alkanes of at least 4 members (excludes halogenated alkanes) is 20. The first-order valence-corrected chi connectivity index (χ1v) is 26.6. The van der Waals surface area contributed by atoms with Gasteiger partial charge in [0, 0.05) is 12.8 Å². The molecule has 21 nitrogen and oxygen atoms in total.